The molecule has 1 saturated heterocycles. The molecule has 4 heteroatoms. The molecule has 0 bridgehead atoms. The summed E-state index contributed by atoms with van der Waals surface area (Å²) in [5.41, 5.74) is -0.647. The Balaban J connectivity index is 2.39. The average molecular weight is 187 g/mol. The van der Waals surface area contributed by atoms with E-state index >= 15 is 0 Å². The Kier molecular flexibility index (Phi) is 3.27. The van der Waals surface area contributed by atoms with Crippen molar-refractivity contribution in [2.24, 2.45) is 0 Å². The molecule has 0 aromatic heterocycles. The van der Waals surface area contributed by atoms with Crippen LogP contribution in [0.3, 0.4) is 0 Å². The molecule has 1 atom stereocenters. The number of aliphatic hydroxyl groups is 1. The largest absolute Gasteiger partial charge is 0.468 e. The molecule has 0 spiro atoms. The molecule has 1 aliphatic heterocycles. The molecular formula is C9H17NO3. The fourth-order valence-corrected chi connectivity index (χ4v) is 1.71. The number of rotatable bonds is 2. The van der Waals surface area contributed by atoms with Crippen molar-refractivity contribution in [3.8, 4) is 0 Å². The molecule has 13 heavy (non-hydrogen) atoms. The van der Waals surface area contributed by atoms with E-state index in [4.69, 9.17) is 0 Å². The third kappa shape index (κ3) is 3.32. The van der Waals surface area contributed by atoms with Crippen LogP contribution in [-0.4, -0.2) is 48.3 Å². The molecule has 1 rings (SSSR count). The number of piperidine rings is 1. The van der Waals surface area contributed by atoms with Gasteiger partial charge in [0.25, 0.3) is 0 Å². The highest BCUT2D eigenvalue weighted by Gasteiger charge is 2.29. The molecule has 76 valence electrons. The number of likely N-dealkylation sites (tertiary alicyclic amines) is 1. The van der Waals surface area contributed by atoms with Crippen LogP contribution in [-0.2, 0) is 9.53 Å². The van der Waals surface area contributed by atoms with Gasteiger partial charge in [0.2, 0.25) is 0 Å². The minimum absolute atomic E-state index is 0.238. The van der Waals surface area contributed by atoms with E-state index in [1.54, 1.807) is 6.92 Å². The van der Waals surface area contributed by atoms with Gasteiger partial charge in [0.1, 0.15) is 0 Å². The fraction of sp³-hybridized carbons (Fsp3) is 0.889. The van der Waals surface area contributed by atoms with Crippen LogP contribution in [0.2, 0.25) is 0 Å². The van der Waals surface area contributed by atoms with Crippen LogP contribution in [0.4, 0.5) is 0 Å². The second-order valence-corrected chi connectivity index (χ2v) is 3.89. The van der Waals surface area contributed by atoms with Crippen LogP contribution in [0.15, 0.2) is 0 Å². The van der Waals surface area contributed by atoms with E-state index in [0.717, 1.165) is 19.4 Å². The summed E-state index contributed by atoms with van der Waals surface area (Å²) in [5.74, 6) is -0.238. The number of hydrogen-bond acceptors (Lipinski definition) is 4. The first-order valence-electron chi connectivity index (χ1n) is 4.55. The van der Waals surface area contributed by atoms with E-state index in [1.165, 1.54) is 7.11 Å². The van der Waals surface area contributed by atoms with Gasteiger partial charge in [-0.25, -0.2) is 0 Å². The van der Waals surface area contributed by atoms with Crippen LogP contribution in [0, 0.1) is 0 Å². The third-order valence-electron chi connectivity index (χ3n) is 2.33. The number of nitrogens with zero attached hydrogens (tertiary/aromatic N) is 1. The molecule has 1 unspecified atom stereocenters. The summed E-state index contributed by atoms with van der Waals surface area (Å²) in [6, 6.07) is 0. The van der Waals surface area contributed by atoms with E-state index in [9.17, 15) is 9.90 Å². The number of carbonyl (C=O) groups is 1. The SMILES string of the molecule is COC(=O)CN1CCCC(C)(O)C1. The number of carbonyl (C=O) groups excluding carboxylic acids is 1. The minimum Gasteiger partial charge on any atom is -0.468 e. The average Bonchev–Trinajstić information content (AvgIpc) is 2.02. The Hall–Kier alpha value is -0.610. The lowest BCUT2D eigenvalue weighted by molar-refractivity contribution is -0.143. The van der Waals surface area contributed by atoms with E-state index in [2.05, 4.69) is 4.74 Å². The summed E-state index contributed by atoms with van der Waals surface area (Å²) < 4.78 is 4.56. The van der Waals surface area contributed by atoms with Gasteiger partial charge < -0.3 is 9.84 Å². The van der Waals surface area contributed by atoms with Gasteiger partial charge >= 0.3 is 5.97 Å². The highest BCUT2D eigenvalue weighted by atomic mass is 16.5. The maximum atomic E-state index is 10.9. The summed E-state index contributed by atoms with van der Waals surface area (Å²) in [6.45, 7) is 3.51. The smallest absolute Gasteiger partial charge is 0.319 e. The summed E-state index contributed by atoms with van der Waals surface area (Å²) in [5, 5.41) is 9.74. The molecule has 0 aliphatic carbocycles. The van der Waals surface area contributed by atoms with Gasteiger partial charge in [-0.15, -0.1) is 0 Å². The van der Waals surface area contributed by atoms with Crippen molar-refractivity contribution in [1.29, 1.82) is 0 Å². The number of methoxy groups -OCH3 is 1. The van der Waals surface area contributed by atoms with Gasteiger partial charge in [0.15, 0.2) is 0 Å². The third-order valence-corrected chi connectivity index (χ3v) is 2.33. The van der Waals surface area contributed by atoms with Gasteiger partial charge in [-0.1, -0.05) is 0 Å². The molecule has 4 nitrogen and oxygen atoms in total. The van der Waals surface area contributed by atoms with E-state index < -0.39 is 5.60 Å². The van der Waals surface area contributed by atoms with E-state index in [0.29, 0.717) is 6.54 Å². The normalized spacial score (nSPS) is 30.1. The van der Waals surface area contributed by atoms with E-state index in [-0.39, 0.29) is 12.5 Å². The molecule has 1 aliphatic rings. The zero-order valence-electron chi connectivity index (χ0n) is 8.25. The van der Waals surface area contributed by atoms with Crippen LogP contribution in [0.25, 0.3) is 0 Å². The lowest BCUT2D eigenvalue weighted by Gasteiger charge is -2.35. The number of esters is 1. The van der Waals surface area contributed by atoms with Crippen molar-refractivity contribution in [3.63, 3.8) is 0 Å². The van der Waals surface area contributed by atoms with E-state index in [1.807, 2.05) is 4.90 Å². The van der Waals surface area contributed by atoms with Crippen molar-refractivity contribution >= 4 is 5.97 Å². The monoisotopic (exact) mass is 187 g/mol. The van der Waals surface area contributed by atoms with Crippen molar-refractivity contribution < 1.29 is 14.6 Å². The van der Waals surface area contributed by atoms with Gasteiger partial charge in [-0.3, -0.25) is 9.69 Å². The van der Waals surface area contributed by atoms with Crippen LogP contribution >= 0.6 is 0 Å². The lowest BCUT2D eigenvalue weighted by atomic mass is 9.95. The lowest BCUT2D eigenvalue weighted by Crippen LogP contribution is -2.47. The topological polar surface area (TPSA) is 49.8 Å². The predicted octanol–water partition coefficient (Wildman–Crippen LogP) is 0.00620. The minimum atomic E-state index is -0.647. The highest BCUT2D eigenvalue weighted by Crippen LogP contribution is 2.19. The number of β-amino-alcohol motifs (C(OH)–C–C–N with tert-alkyl or cyclic N) is 1. The van der Waals surface area contributed by atoms with Crippen molar-refractivity contribution in [3.05, 3.63) is 0 Å². The fourth-order valence-electron chi connectivity index (χ4n) is 1.71. The van der Waals surface area contributed by atoms with Crippen molar-refractivity contribution in [1.82, 2.24) is 4.90 Å². The number of hydrogen-bond donors (Lipinski definition) is 1. The first-order valence-corrected chi connectivity index (χ1v) is 4.55. The summed E-state index contributed by atoms with van der Waals surface area (Å²) >= 11 is 0. The Labute approximate surface area is 78.5 Å². The summed E-state index contributed by atoms with van der Waals surface area (Å²) in [7, 11) is 1.38. The maximum absolute atomic E-state index is 10.9. The number of ether oxygens (including phenoxy) is 1. The zero-order valence-corrected chi connectivity index (χ0v) is 8.25. The molecule has 0 aromatic rings. The van der Waals surface area contributed by atoms with Gasteiger partial charge in [-0.2, -0.15) is 0 Å². The van der Waals surface area contributed by atoms with Crippen LogP contribution in [0.5, 0.6) is 0 Å². The second kappa shape index (κ2) is 4.07. The predicted molar refractivity (Wildman–Crippen MR) is 48.3 cm³/mol. The first kappa shape index (κ1) is 10.5. The van der Waals surface area contributed by atoms with Gasteiger partial charge in [0.05, 0.1) is 19.3 Å². The second-order valence-electron chi connectivity index (χ2n) is 3.89. The molecule has 0 amide bonds. The molecule has 0 aromatic carbocycles. The van der Waals surface area contributed by atoms with Crippen LogP contribution in [0.1, 0.15) is 19.8 Å². The Morgan fingerprint density at radius 3 is 2.92 bits per heavy atom. The quantitative estimate of drug-likeness (QED) is 0.618. The van der Waals surface area contributed by atoms with Gasteiger partial charge in [0, 0.05) is 6.54 Å². The zero-order chi connectivity index (χ0) is 9.90. The molecule has 0 radical (unpaired) electrons. The Bertz CT molecular complexity index is 191. The summed E-state index contributed by atoms with van der Waals surface area (Å²) in [4.78, 5) is 12.9. The molecular weight excluding hydrogens is 170 g/mol. The maximum Gasteiger partial charge on any atom is 0.319 e. The first-order chi connectivity index (χ1) is 6.03. The standard InChI is InChI=1S/C9H17NO3/c1-9(12)4-3-5-10(7-9)6-8(11)13-2/h12H,3-7H2,1-2H3. The van der Waals surface area contributed by atoms with Gasteiger partial charge in [-0.05, 0) is 26.3 Å². The molecule has 1 fully saturated rings. The Morgan fingerprint density at radius 1 is 1.69 bits per heavy atom. The van der Waals surface area contributed by atoms with Crippen LogP contribution < -0.4 is 0 Å². The molecule has 0 saturated carbocycles. The molecule has 1 heterocycles. The summed E-state index contributed by atoms with van der Waals surface area (Å²) in [6.07, 6.45) is 1.74. The molecule has 1 N–H and O–H groups in total. The van der Waals surface area contributed by atoms with Crippen molar-refractivity contribution in [2.45, 2.75) is 25.4 Å². The van der Waals surface area contributed by atoms with Crippen molar-refractivity contribution in [2.75, 3.05) is 26.7 Å². The highest BCUT2D eigenvalue weighted by molar-refractivity contribution is 5.71. The Morgan fingerprint density at radius 2 is 2.38 bits per heavy atom.